The summed E-state index contributed by atoms with van der Waals surface area (Å²) in [6.07, 6.45) is 2.30. The summed E-state index contributed by atoms with van der Waals surface area (Å²) in [6.45, 7) is 4.51. The molecular formula is C28H30N4O2S. The van der Waals surface area contributed by atoms with Gasteiger partial charge in [0.15, 0.2) is 5.82 Å². The van der Waals surface area contributed by atoms with Gasteiger partial charge in [0.2, 0.25) is 5.91 Å². The number of para-hydroxylation sites is 2. The molecule has 1 aliphatic rings. The van der Waals surface area contributed by atoms with Crippen molar-refractivity contribution in [2.24, 2.45) is 5.92 Å². The number of benzene rings is 2. The van der Waals surface area contributed by atoms with Crippen LogP contribution in [0.3, 0.4) is 0 Å². The summed E-state index contributed by atoms with van der Waals surface area (Å²) in [5.74, 6) is 0.571. The quantitative estimate of drug-likeness (QED) is 0.421. The SMILES string of the molecule is Cc1ccc(Cn2c(=O)c(N3CCC(C(=O)NCCc4cccs4)CC3)nc3ccccc32)cc1. The lowest BCUT2D eigenvalue weighted by molar-refractivity contribution is -0.125. The van der Waals surface area contributed by atoms with Gasteiger partial charge in [-0.3, -0.25) is 14.2 Å². The first-order valence-corrected chi connectivity index (χ1v) is 13.1. The monoisotopic (exact) mass is 486 g/mol. The second-order valence-electron chi connectivity index (χ2n) is 9.18. The highest BCUT2D eigenvalue weighted by Gasteiger charge is 2.27. The van der Waals surface area contributed by atoms with Crippen LogP contribution in [-0.4, -0.2) is 35.1 Å². The first kappa shape index (κ1) is 23.3. The largest absolute Gasteiger partial charge is 0.355 e. The van der Waals surface area contributed by atoms with Crippen molar-refractivity contribution in [1.29, 1.82) is 0 Å². The van der Waals surface area contributed by atoms with E-state index in [1.165, 1.54) is 10.4 Å². The third-order valence-corrected chi connectivity index (χ3v) is 7.65. The molecule has 2 aromatic carbocycles. The van der Waals surface area contributed by atoms with E-state index in [-0.39, 0.29) is 17.4 Å². The topological polar surface area (TPSA) is 67.2 Å². The lowest BCUT2D eigenvalue weighted by atomic mass is 9.96. The van der Waals surface area contributed by atoms with Gasteiger partial charge in [-0.15, -0.1) is 11.3 Å². The molecule has 6 nitrogen and oxygen atoms in total. The molecule has 0 bridgehead atoms. The summed E-state index contributed by atoms with van der Waals surface area (Å²) in [5, 5.41) is 5.15. The van der Waals surface area contributed by atoms with E-state index in [4.69, 9.17) is 4.98 Å². The Morgan fingerprint density at radius 1 is 1.06 bits per heavy atom. The number of thiophene rings is 1. The molecule has 0 spiro atoms. The number of amides is 1. The number of piperidine rings is 1. The number of hydrogen-bond donors (Lipinski definition) is 1. The highest BCUT2D eigenvalue weighted by Crippen LogP contribution is 2.22. The van der Waals surface area contributed by atoms with E-state index in [1.54, 1.807) is 11.3 Å². The number of carbonyl (C=O) groups is 1. The van der Waals surface area contributed by atoms with Crippen molar-refractivity contribution >= 4 is 34.1 Å². The number of rotatable bonds is 7. The Kier molecular flexibility index (Phi) is 6.95. The third-order valence-electron chi connectivity index (χ3n) is 6.71. The van der Waals surface area contributed by atoms with Gasteiger partial charge in [-0.05, 0) is 55.3 Å². The van der Waals surface area contributed by atoms with Crippen LogP contribution in [-0.2, 0) is 17.8 Å². The number of aromatic nitrogens is 2. The van der Waals surface area contributed by atoms with Crippen molar-refractivity contribution in [3.63, 3.8) is 0 Å². The molecule has 5 rings (SSSR count). The molecule has 180 valence electrons. The zero-order valence-electron chi connectivity index (χ0n) is 19.9. The van der Waals surface area contributed by atoms with E-state index in [9.17, 15) is 9.59 Å². The Labute approximate surface area is 209 Å². The minimum absolute atomic E-state index is 0.0233. The van der Waals surface area contributed by atoms with Crippen molar-refractivity contribution in [3.8, 4) is 0 Å². The molecule has 0 aliphatic carbocycles. The van der Waals surface area contributed by atoms with Crippen LogP contribution in [0, 0.1) is 12.8 Å². The molecule has 1 fully saturated rings. The molecule has 35 heavy (non-hydrogen) atoms. The highest BCUT2D eigenvalue weighted by molar-refractivity contribution is 7.09. The van der Waals surface area contributed by atoms with E-state index < -0.39 is 0 Å². The highest BCUT2D eigenvalue weighted by atomic mass is 32.1. The molecule has 0 saturated carbocycles. The Morgan fingerprint density at radius 3 is 2.57 bits per heavy atom. The number of anilines is 1. The van der Waals surface area contributed by atoms with Gasteiger partial charge in [0, 0.05) is 30.4 Å². The fraction of sp³-hybridized carbons (Fsp3) is 0.321. The predicted octanol–water partition coefficient (Wildman–Crippen LogP) is 4.39. The Morgan fingerprint density at radius 2 is 1.83 bits per heavy atom. The maximum atomic E-state index is 13.6. The van der Waals surface area contributed by atoms with Crippen LogP contribution < -0.4 is 15.8 Å². The average Bonchev–Trinajstić information content (AvgIpc) is 3.40. The van der Waals surface area contributed by atoms with Crippen molar-refractivity contribution in [3.05, 3.63) is 92.4 Å². The molecule has 7 heteroatoms. The van der Waals surface area contributed by atoms with Gasteiger partial charge in [0.1, 0.15) is 0 Å². The Balaban J connectivity index is 1.30. The molecule has 0 unspecified atom stereocenters. The third kappa shape index (κ3) is 5.30. The first-order valence-electron chi connectivity index (χ1n) is 12.2. The summed E-state index contributed by atoms with van der Waals surface area (Å²) in [7, 11) is 0. The van der Waals surface area contributed by atoms with E-state index in [2.05, 4.69) is 52.9 Å². The minimum Gasteiger partial charge on any atom is -0.355 e. The number of carbonyl (C=O) groups excluding carboxylic acids is 1. The molecule has 1 amide bonds. The fourth-order valence-corrected chi connectivity index (χ4v) is 5.39. The van der Waals surface area contributed by atoms with Crippen molar-refractivity contribution in [2.75, 3.05) is 24.5 Å². The second-order valence-corrected chi connectivity index (χ2v) is 10.2. The normalized spacial score (nSPS) is 14.4. The van der Waals surface area contributed by atoms with Crippen LogP contribution in [0.15, 0.2) is 70.8 Å². The number of aryl methyl sites for hydroxylation is 1. The molecule has 2 aromatic heterocycles. The lowest BCUT2D eigenvalue weighted by Gasteiger charge is -2.32. The van der Waals surface area contributed by atoms with E-state index in [0.29, 0.717) is 32.0 Å². The predicted molar refractivity (Wildman–Crippen MR) is 142 cm³/mol. The van der Waals surface area contributed by atoms with E-state index in [1.807, 2.05) is 34.9 Å². The van der Waals surface area contributed by atoms with Crippen LogP contribution in [0.2, 0.25) is 0 Å². The summed E-state index contributed by atoms with van der Waals surface area (Å²) in [4.78, 5) is 34.4. The summed E-state index contributed by atoms with van der Waals surface area (Å²) < 4.78 is 1.83. The molecule has 1 saturated heterocycles. The standard InChI is InChI=1S/C28H30N4O2S/c1-20-8-10-21(11-9-20)19-32-25-7-3-2-6-24(25)30-26(28(32)34)31-16-13-22(14-17-31)27(33)29-15-12-23-5-4-18-35-23/h2-11,18,22H,12-17,19H2,1H3,(H,29,33). The second kappa shape index (κ2) is 10.4. The van der Waals surface area contributed by atoms with E-state index >= 15 is 0 Å². The van der Waals surface area contributed by atoms with Gasteiger partial charge < -0.3 is 10.2 Å². The maximum Gasteiger partial charge on any atom is 0.294 e. The van der Waals surface area contributed by atoms with Gasteiger partial charge in [-0.1, -0.05) is 48.0 Å². The molecular weight excluding hydrogens is 456 g/mol. The molecule has 0 radical (unpaired) electrons. The molecule has 1 aliphatic heterocycles. The number of fused-ring (bicyclic) bond motifs is 1. The van der Waals surface area contributed by atoms with Crippen LogP contribution >= 0.6 is 11.3 Å². The molecule has 1 N–H and O–H groups in total. The van der Waals surface area contributed by atoms with Crippen molar-refractivity contribution in [1.82, 2.24) is 14.9 Å². The Hall–Kier alpha value is -3.45. The van der Waals surface area contributed by atoms with Crippen LogP contribution in [0.5, 0.6) is 0 Å². The van der Waals surface area contributed by atoms with Gasteiger partial charge in [-0.2, -0.15) is 0 Å². The average molecular weight is 487 g/mol. The van der Waals surface area contributed by atoms with Crippen LogP contribution in [0.1, 0.15) is 28.8 Å². The van der Waals surface area contributed by atoms with Crippen molar-refractivity contribution in [2.45, 2.75) is 32.7 Å². The lowest BCUT2D eigenvalue weighted by Crippen LogP contribution is -2.43. The smallest absolute Gasteiger partial charge is 0.294 e. The van der Waals surface area contributed by atoms with Crippen LogP contribution in [0.4, 0.5) is 5.82 Å². The zero-order valence-corrected chi connectivity index (χ0v) is 20.8. The zero-order chi connectivity index (χ0) is 24.2. The van der Waals surface area contributed by atoms with Gasteiger partial charge in [-0.25, -0.2) is 4.98 Å². The fourth-order valence-electron chi connectivity index (χ4n) is 4.68. The summed E-state index contributed by atoms with van der Waals surface area (Å²) in [6, 6.07) is 20.2. The minimum atomic E-state index is -0.0804. The number of nitrogens with one attached hydrogen (secondary N) is 1. The summed E-state index contributed by atoms with van der Waals surface area (Å²) >= 11 is 1.72. The van der Waals surface area contributed by atoms with Crippen molar-refractivity contribution < 1.29 is 4.79 Å². The van der Waals surface area contributed by atoms with Crippen LogP contribution in [0.25, 0.3) is 11.0 Å². The van der Waals surface area contributed by atoms with Gasteiger partial charge >= 0.3 is 0 Å². The molecule has 4 aromatic rings. The number of nitrogens with zero attached hydrogens (tertiary/aromatic N) is 3. The van der Waals surface area contributed by atoms with Gasteiger partial charge in [0.05, 0.1) is 17.6 Å². The first-order chi connectivity index (χ1) is 17.1. The molecule has 0 atom stereocenters. The Bertz CT molecular complexity index is 1350. The number of hydrogen-bond acceptors (Lipinski definition) is 5. The molecule has 3 heterocycles. The van der Waals surface area contributed by atoms with Gasteiger partial charge in [0.25, 0.3) is 5.56 Å². The summed E-state index contributed by atoms with van der Waals surface area (Å²) in [5.41, 5.74) is 3.84. The van der Waals surface area contributed by atoms with E-state index in [0.717, 1.165) is 35.9 Å². The maximum absolute atomic E-state index is 13.6.